The standard InChI is InChI=1S/C31H18N2/c1-2-7-19(8-3-1)24-12-6-14-27(32-24)33-25-13-5-11-23-22-10-4-9-20-15-16-21-17-18-26(33)31(30(23)25)29(21)28(20)22/h1-18H. The Morgan fingerprint density at radius 3 is 2.03 bits per heavy atom. The second-order valence-corrected chi connectivity index (χ2v) is 8.81. The Morgan fingerprint density at radius 1 is 0.455 bits per heavy atom. The number of nitrogens with zero attached hydrogens (tertiary/aromatic N) is 2. The van der Waals surface area contributed by atoms with E-state index < -0.39 is 0 Å². The van der Waals surface area contributed by atoms with Crippen molar-refractivity contribution in [3.63, 3.8) is 0 Å². The average molecular weight is 418 g/mol. The zero-order valence-electron chi connectivity index (χ0n) is 17.8. The van der Waals surface area contributed by atoms with Gasteiger partial charge in [-0.1, -0.05) is 84.9 Å². The lowest BCUT2D eigenvalue weighted by molar-refractivity contribution is 1.08. The van der Waals surface area contributed by atoms with Crippen molar-refractivity contribution in [2.45, 2.75) is 0 Å². The summed E-state index contributed by atoms with van der Waals surface area (Å²) in [4.78, 5) is 5.12. The van der Waals surface area contributed by atoms with Crippen LogP contribution in [0.5, 0.6) is 0 Å². The van der Waals surface area contributed by atoms with E-state index in [-0.39, 0.29) is 0 Å². The highest BCUT2D eigenvalue weighted by atomic mass is 15.1. The lowest BCUT2D eigenvalue weighted by atomic mass is 9.89. The number of benzene rings is 6. The minimum atomic E-state index is 0.950. The van der Waals surface area contributed by atoms with E-state index in [2.05, 4.69) is 108 Å². The Morgan fingerprint density at radius 2 is 1.15 bits per heavy atom. The van der Waals surface area contributed by atoms with Gasteiger partial charge in [0.2, 0.25) is 0 Å². The van der Waals surface area contributed by atoms with Gasteiger partial charge in [-0.05, 0) is 51.2 Å². The maximum atomic E-state index is 5.12. The van der Waals surface area contributed by atoms with E-state index in [9.17, 15) is 0 Å². The predicted molar refractivity (Wildman–Crippen MR) is 139 cm³/mol. The molecule has 0 aliphatic carbocycles. The van der Waals surface area contributed by atoms with Crippen LogP contribution >= 0.6 is 0 Å². The molecule has 0 amide bonds. The molecule has 0 unspecified atom stereocenters. The Kier molecular flexibility index (Phi) is 3.16. The molecule has 152 valence electrons. The zero-order chi connectivity index (χ0) is 21.5. The Bertz CT molecular complexity index is 1960. The third-order valence-electron chi connectivity index (χ3n) is 7.10. The zero-order valence-corrected chi connectivity index (χ0v) is 17.8. The van der Waals surface area contributed by atoms with Gasteiger partial charge in [-0.15, -0.1) is 0 Å². The number of aromatic nitrogens is 2. The molecular weight excluding hydrogens is 400 g/mol. The van der Waals surface area contributed by atoms with Crippen molar-refractivity contribution in [2.75, 3.05) is 0 Å². The summed E-state index contributed by atoms with van der Waals surface area (Å²) in [5.74, 6) is 0.950. The third kappa shape index (κ3) is 2.15. The predicted octanol–water partition coefficient (Wildman–Crippen LogP) is 8.18. The molecule has 0 atom stereocenters. The van der Waals surface area contributed by atoms with Crippen molar-refractivity contribution in [3.05, 3.63) is 109 Å². The first kappa shape index (κ1) is 17.2. The van der Waals surface area contributed by atoms with Crippen molar-refractivity contribution in [2.24, 2.45) is 0 Å². The summed E-state index contributed by atoms with van der Waals surface area (Å²) >= 11 is 0. The first-order valence-electron chi connectivity index (χ1n) is 11.3. The minimum Gasteiger partial charge on any atom is -0.294 e. The molecule has 8 rings (SSSR count). The molecule has 0 aliphatic rings. The van der Waals surface area contributed by atoms with Crippen molar-refractivity contribution < 1.29 is 0 Å². The summed E-state index contributed by atoms with van der Waals surface area (Å²) in [6.45, 7) is 0. The molecule has 0 saturated heterocycles. The van der Waals surface area contributed by atoms with Crippen LogP contribution in [0.1, 0.15) is 0 Å². The molecule has 2 heterocycles. The van der Waals surface area contributed by atoms with E-state index in [1.165, 1.54) is 54.1 Å². The van der Waals surface area contributed by atoms with E-state index >= 15 is 0 Å². The number of pyridine rings is 1. The van der Waals surface area contributed by atoms with Crippen molar-refractivity contribution >= 4 is 54.1 Å². The van der Waals surface area contributed by atoms with E-state index in [1.54, 1.807) is 0 Å². The summed E-state index contributed by atoms with van der Waals surface area (Å²) < 4.78 is 2.34. The van der Waals surface area contributed by atoms with Crippen LogP contribution in [-0.2, 0) is 0 Å². The van der Waals surface area contributed by atoms with Crippen LogP contribution in [0.2, 0.25) is 0 Å². The molecule has 2 nitrogen and oxygen atoms in total. The Hall–Kier alpha value is -4.43. The van der Waals surface area contributed by atoms with Crippen LogP contribution in [0.15, 0.2) is 109 Å². The molecule has 0 radical (unpaired) electrons. The molecule has 0 aliphatic heterocycles. The SMILES string of the molecule is c1ccc(-c2cccc(-n3c4cccc5c6cccc7ccc8ccc3c(c8c76)c54)n2)cc1. The van der Waals surface area contributed by atoms with Crippen LogP contribution in [0.3, 0.4) is 0 Å². The van der Waals surface area contributed by atoms with Gasteiger partial charge in [0.15, 0.2) is 0 Å². The van der Waals surface area contributed by atoms with E-state index in [0.717, 1.165) is 17.1 Å². The number of fused-ring (bicyclic) bond motifs is 1. The summed E-state index contributed by atoms with van der Waals surface area (Å²) in [6.07, 6.45) is 0. The quantitative estimate of drug-likeness (QED) is 0.204. The molecule has 0 N–H and O–H groups in total. The molecule has 0 saturated carbocycles. The van der Waals surface area contributed by atoms with Gasteiger partial charge in [0, 0.05) is 21.7 Å². The highest BCUT2D eigenvalue weighted by Gasteiger charge is 2.22. The molecule has 0 spiro atoms. The van der Waals surface area contributed by atoms with Crippen LogP contribution < -0.4 is 0 Å². The molecule has 0 fully saturated rings. The van der Waals surface area contributed by atoms with Gasteiger partial charge in [0.1, 0.15) is 5.82 Å². The third-order valence-corrected chi connectivity index (χ3v) is 7.10. The van der Waals surface area contributed by atoms with Gasteiger partial charge >= 0.3 is 0 Å². The van der Waals surface area contributed by atoms with Crippen LogP contribution in [0, 0.1) is 0 Å². The lowest BCUT2D eigenvalue weighted by Gasteiger charge is -2.13. The van der Waals surface area contributed by atoms with Gasteiger partial charge in [-0.2, -0.15) is 0 Å². The van der Waals surface area contributed by atoms with Gasteiger partial charge < -0.3 is 0 Å². The normalized spacial score (nSPS) is 12.2. The van der Waals surface area contributed by atoms with Crippen molar-refractivity contribution in [1.29, 1.82) is 0 Å². The van der Waals surface area contributed by atoms with E-state index in [1.807, 2.05) is 6.07 Å². The van der Waals surface area contributed by atoms with Gasteiger partial charge in [-0.3, -0.25) is 4.57 Å². The summed E-state index contributed by atoms with van der Waals surface area (Å²) in [7, 11) is 0. The van der Waals surface area contributed by atoms with Crippen molar-refractivity contribution in [1.82, 2.24) is 9.55 Å². The lowest BCUT2D eigenvalue weighted by Crippen LogP contribution is -1.98. The van der Waals surface area contributed by atoms with Crippen LogP contribution in [0.4, 0.5) is 0 Å². The summed E-state index contributed by atoms with van der Waals surface area (Å²) in [6, 6.07) is 39.1. The maximum Gasteiger partial charge on any atom is 0.138 e. The summed E-state index contributed by atoms with van der Waals surface area (Å²) in [5.41, 5.74) is 4.54. The Balaban J connectivity index is 1.58. The van der Waals surface area contributed by atoms with Gasteiger partial charge in [0.25, 0.3) is 0 Å². The highest BCUT2D eigenvalue weighted by Crippen LogP contribution is 2.46. The molecule has 2 aromatic heterocycles. The minimum absolute atomic E-state index is 0.950. The summed E-state index contributed by atoms with van der Waals surface area (Å²) in [5, 5.41) is 10.6. The fraction of sp³-hybridized carbons (Fsp3) is 0. The van der Waals surface area contributed by atoms with Crippen molar-refractivity contribution in [3.8, 4) is 17.1 Å². The monoisotopic (exact) mass is 418 g/mol. The molecule has 6 aromatic carbocycles. The van der Waals surface area contributed by atoms with E-state index in [0.29, 0.717) is 0 Å². The van der Waals surface area contributed by atoms with E-state index in [4.69, 9.17) is 4.98 Å². The molecule has 0 bridgehead atoms. The number of hydrogen-bond acceptors (Lipinski definition) is 1. The largest absolute Gasteiger partial charge is 0.294 e. The van der Waals surface area contributed by atoms with Crippen LogP contribution in [-0.4, -0.2) is 9.55 Å². The molecule has 8 aromatic rings. The second kappa shape index (κ2) is 6.08. The topological polar surface area (TPSA) is 17.8 Å². The first-order chi connectivity index (χ1) is 16.4. The molecular formula is C31H18N2. The number of hydrogen-bond donors (Lipinski definition) is 0. The highest BCUT2D eigenvalue weighted by molar-refractivity contribution is 6.40. The number of rotatable bonds is 2. The van der Waals surface area contributed by atoms with Gasteiger partial charge in [-0.25, -0.2) is 4.98 Å². The molecule has 33 heavy (non-hydrogen) atoms. The smallest absolute Gasteiger partial charge is 0.138 e. The van der Waals surface area contributed by atoms with Crippen LogP contribution in [0.25, 0.3) is 71.2 Å². The maximum absolute atomic E-state index is 5.12. The second-order valence-electron chi connectivity index (χ2n) is 8.81. The Labute approximate surface area is 190 Å². The fourth-order valence-electron chi connectivity index (χ4n) is 5.76. The average Bonchev–Trinajstić information content (AvgIpc) is 3.23. The first-order valence-corrected chi connectivity index (χ1v) is 11.3. The fourth-order valence-corrected chi connectivity index (χ4v) is 5.76. The molecule has 2 heteroatoms. The van der Waals surface area contributed by atoms with Gasteiger partial charge in [0.05, 0.1) is 16.7 Å².